The molecule has 0 amide bonds. The molecule has 2 rings (SSSR count). The minimum absolute atomic E-state index is 0.811. The molecule has 3 nitrogen and oxygen atoms in total. The zero-order chi connectivity index (χ0) is 10.8. The summed E-state index contributed by atoms with van der Waals surface area (Å²) < 4.78 is 6.05. The predicted molar refractivity (Wildman–Crippen MR) is 65.4 cm³/mol. The van der Waals surface area contributed by atoms with Gasteiger partial charge in [0, 0.05) is 6.20 Å². The van der Waals surface area contributed by atoms with Crippen molar-refractivity contribution >= 4 is 39.2 Å². The van der Waals surface area contributed by atoms with Crippen LogP contribution in [0.5, 0.6) is 0 Å². The maximum absolute atomic E-state index is 4.34. The highest BCUT2D eigenvalue weighted by Gasteiger charge is 2.07. The van der Waals surface area contributed by atoms with E-state index < -0.39 is 0 Å². The Morgan fingerprint density at radius 2 is 2.20 bits per heavy atom. The first kappa shape index (κ1) is 11.0. The first-order chi connectivity index (χ1) is 7.15. The molecule has 2 heterocycles. The number of halogens is 1. The molecule has 6 heteroatoms. The van der Waals surface area contributed by atoms with Crippen molar-refractivity contribution in [1.82, 2.24) is 14.3 Å². The number of aromatic nitrogens is 3. The second kappa shape index (κ2) is 4.59. The summed E-state index contributed by atoms with van der Waals surface area (Å²) in [6.45, 7) is 3.90. The molecule has 0 saturated heterocycles. The Hall–Kier alpha value is -0.460. The highest BCUT2D eigenvalue weighted by atomic mass is 79.9. The van der Waals surface area contributed by atoms with E-state index >= 15 is 0 Å². The Morgan fingerprint density at radius 3 is 2.80 bits per heavy atom. The number of rotatable bonds is 2. The van der Waals surface area contributed by atoms with E-state index in [9.17, 15) is 0 Å². The number of aryl methyl sites for hydroxylation is 2. The monoisotopic (exact) mass is 301 g/mol. The summed E-state index contributed by atoms with van der Waals surface area (Å²) in [4.78, 5) is 8.62. The lowest BCUT2D eigenvalue weighted by molar-refractivity contribution is 1.07. The van der Waals surface area contributed by atoms with Crippen molar-refractivity contribution < 1.29 is 0 Å². The van der Waals surface area contributed by atoms with E-state index in [2.05, 4.69) is 30.3 Å². The number of nitrogens with zero attached hydrogens (tertiary/aromatic N) is 3. The van der Waals surface area contributed by atoms with Crippen molar-refractivity contribution in [3.63, 3.8) is 0 Å². The van der Waals surface area contributed by atoms with E-state index in [0.717, 1.165) is 25.2 Å². The fourth-order valence-corrected chi connectivity index (χ4v) is 3.23. The van der Waals surface area contributed by atoms with Crippen LogP contribution in [0.3, 0.4) is 0 Å². The lowest BCUT2D eigenvalue weighted by Crippen LogP contribution is -1.83. The Balaban J connectivity index is 2.24. The third-order valence-electron chi connectivity index (χ3n) is 1.64. The standard InChI is InChI=1S/C9H8BrN3S2/c1-5-3-7(10)8(11-4-5)14-9-12-6(2)13-15-9/h3-4H,1-2H3. The van der Waals surface area contributed by atoms with Gasteiger partial charge in [-0.3, -0.25) is 0 Å². The first-order valence-corrected chi connectivity index (χ1v) is 6.64. The van der Waals surface area contributed by atoms with Gasteiger partial charge < -0.3 is 0 Å². The molecule has 15 heavy (non-hydrogen) atoms. The summed E-state index contributed by atoms with van der Waals surface area (Å²) in [7, 11) is 0. The van der Waals surface area contributed by atoms with Crippen LogP contribution >= 0.6 is 39.2 Å². The summed E-state index contributed by atoms with van der Waals surface area (Å²) in [6.07, 6.45) is 1.85. The minimum Gasteiger partial charge on any atom is -0.248 e. The second-order valence-corrected chi connectivity index (χ2v) is 5.85. The first-order valence-electron chi connectivity index (χ1n) is 4.25. The van der Waals surface area contributed by atoms with Crippen LogP contribution in [0.1, 0.15) is 11.4 Å². The maximum Gasteiger partial charge on any atom is 0.176 e. The smallest absolute Gasteiger partial charge is 0.176 e. The third-order valence-corrected chi connectivity index (χ3v) is 4.37. The highest BCUT2D eigenvalue weighted by molar-refractivity contribution is 9.10. The average Bonchev–Trinajstić information content (AvgIpc) is 2.56. The summed E-state index contributed by atoms with van der Waals surface area (Å²) in [5, 5.41) is 0.928. The molecular formula is C9H8BrN3S2. The van der Waals surface area contributed by atoms with Gasteiger partial charge in [0.2, 0.25) is 0 Å². The van der Waals surface area contributed by atoms with Gasteiger partial charge >= 0.3 is 0 Å². The number of hydrogen-bond donors (Lipinski definition) is 0. The second-order valence-electron chi connectivity index (χ2n) is 3.01. The molecule has 0 radical (unpaired) electrons. The predicted octanol–water partition coefficient (Wildman–Crippen LogP) is 3.46. The largest absolute Gasteiger partial charge is 0.248 e. The van der Waals surface area contributed by atoms with Crippen LogP contribution in [0.15, 0.2) is 26.1 Å². The van der Waals surface area contributed by atoms with Gasteiger partial charge in [-0.2, -0.15) is 4.37 Å². The lowest BCUT2D eigenvalue weighted by atomic mass is 10.3. The van der Waals surface area contributed by atoms with Gasteiger partial charge in [0.1, 0.15) is 10.9 Å². The van der Waals surface area contributed by atoms with Gasteiger partial charge in [0.05, 0.1) is 4.47 Å². The van der Waals surface area contributed by atoms with E-state index in [1.807, 2.05) is 26.1 Å². The molecule has 2 aromatic heterocycles. The topological polar surface area (TPSA) is 38.7 Å². The van der Waals surface area contributed by atoms with Gasteiger partial charge in [-0.1, -0.05) is 0 Å². The summed E-state index contributed by atoms with van der Waals surface area (Å²) in [6, 6.07) is 2.04. The van der Waals surface area contributed by atoms with E-state index in [1.54, 1.807) is 0 Å². The van der Waals surface area contributed by atoms with E-state index in [-0.39, 0.29) is 0 Å². The van der Waals surface area contributed by atoms with Gasteiger partial charge in [-0.15, -0.1) is 0 Å². The van der Waals surface area contributed by atoms with Crippen molar-refractivity contribution in [1.29, 1.82) is 0 Å². The molecule has 0 N–H and O–H groups in total. The van der Waals surface area contributed by atoms with E-state index in [1.165, 1.54) is 23.3 Å². The fourth-order valence-electron chi connectivity index (χ4n) is 0.998. The molecule has 78 valence electrons. The van der Waals surface area contributed by atoms with Gasteiger partial charge in [-0.05, 0) is 64.7 Å². The van der Waals surface area contributed by atoms with E-state index in [4.69, 9.17) is 0 Å². The molecule has 0 atom stereocenters. The van der Waals surface area contributed by atoms with Gasteiger partial charge in [0.25, 0.3) is 0 Å². The Labute approximate surface area is 105 Å². The highest BCUT2D eigenvalue weighted by Crippen LogP contribution is 2.32. The fraction of sp³-hybridized carbons (Fsp3) is 0.222. The normalized spacial score (nSPS) is 10.6. The number of hydrogen-bond acceptors (Lipinski definition) is 5. The molecule has 0 spiro atoms. The molecule has 0 saturated carbocycles. The molecular weight excluding hydrogens is 294 g/mol. The third kappa shape index (κ3) is 2.76. The Kier molecular flexibility index (Phi) is 3.38. The molecule has 0 bridgehead atoms. The van der Waals surface area contributed by atoms with Crippen molar-refractivity contribution in [3.8, 4) is 0 Å². The molecule has 0 aliphatic heterocycles. The summed E-state index contributed by atoms with van der Waals surface area (Å²) >= 11 is 6.41. The SMILES string of the molecule is Cc1cnc(Sc2nc(C)ns2)c(Br)c1. The maximum atomic E-state index is 4.34. The molecule has 0 unspecified atom stereocenters. The zero-order valence-corrected chi connectivity index (χ0v) is 11.4. The molecule has 0 aromatic carbocycles. The quantitative estimate of drug-likeness (QED) is 0.851. The lowest BCUT2D eigenvalue weighted by Gasteiger charge is -2.00. The average molecular weight is 302 g/mol. The molecule has 0 aliphatic rings. The van der Waals surface area contributed by atoms with Crippen LogP contribution in [0.4, 0.5) is 0 Å². The Morgan fingerprint density at radius 1 is 1.40 bits per heavy atom. The summed E-state index contributed by atoms with van der Waals surface area (Å²) in [5.41, 5.74) is 1.14. The van der Waals surface area contributed by atoms with Crippen molar-refractivity contribution in [3.05, 3.63) is 28.1 Å². The van der Waals surface area contributed by atoms with Crippen LogP contribution in [0.2, 0.25) is 0 Å². The molecule has 0 aliphatic carbocycles. The molecule has 0 fully saturated rings. The number of pyridine rings is 1. The van der Waals surface area contributed by atoms with Crippen molar-refractivity contribution in [2.75, 3.05) is 0 Å². The Bertz CT molecular complexity index is 484. The van der Waals surface area contributed by atoms with Crippen LogP contribution in [0, 0.1) is 13.8 Å². The molecule has 2 aromatic rings. The van der Waals surface area contributed by atoms with Gasteiger partial charge in [0.15, 0.2) is 4.34 Å². The van der Waals surface area contributed by atoms with Crippen molar-refractivity contribution in [2.45, 2.75) is 23.2 Å². The van der Waals surface area contributed by atoms with Crippen LogP contribution < -0.4 is 0 Å². The van der Waals surface area contributed by atoms with Crippen LogP contribution in [-0.4, -0.2) is 14.3 Å². The van der Waals surface area contributed by atoms with E-state index in [0.29, 0.717) is 0 Å². The van der Waals surface area contributed by atoms with Crippen molar-refractivity contribution in [2.24, 2.45) is 0 Å². The minimum atomic E-state index is 0.811. The van der Waals surface area contributed by atoms with Gasteiger partial charge in [-0.25, -0.2) is 9.97 Å². The van der Waals surface area contributed by atoms with Crippen LogP contribution in [-0.2, 0) is 0 Å². The summed E-state index contributed by atoms with van der Waals surface area (Å²) in [5.74, 6) is 0.811. The van der Waals surface area contributed by atoms with Crippen LogP contribution in [0.25, 0.3) is 0 Å². The zero-order valence-electron chi connectivity index (χ0n) is 8.19.